The third-order valence-corrected chi connectivity index (χ3v) is 3.29. The highest BCUT2D eigenvalue weighted by atomic mass is 16.5. The van der Waals surface area contributed by atoms with Crippen molar-refractivity contribution in [2.75, 3.05) is 13.7 Å². The molecular formula is C15H15NO3. The molecule has 4 nitrogen and oxygen atoms in total. The molecule has 0 saturated carbocycles. The summed E-state index contributed by atoms with van der Waals surface area (Å²) in [6.07, 6.45) is 6.74. The van der Waals surface area contributed by atoms with Gasteiger partial charge in [0.1, 0.15) is 6.04 Å². The molecule has 2 rings (SSSR count). The van der Waals surface area contributed by atoms with Crippen molar-refractivity contribution in [2.24, 2.45) is 0 Å². The summed E-state index contributed by atoms with van der Waals surface area (Å²) in [5, 5.41) is 0. The fraction of sp³-hybridized carbons (Fsp3) is 0.333. The van der Waals surface area contributed by atoms with Crippen LogP contribution in [0.5, 0.6) is 0 Å². The molecule has 98 valence electrons. The molecular weight excluding hydrogens is 242 g/mol. The third kappa shape index (κ3) is 2.60. The number of methoxy groups -OCH3 is 1. The van der Waals surface area contributed by atoms with Crippen LogP contribution < -0.4 is 0 Å². The van der Waals surface area contributed by atoms with E-state index in [0.29, 0.717) is 18.5 Å². The van der Waals surface area contributed by atoms with Crippen molar-refractivity contribution in [3.05, 3.63) is 35.4 Å². The first-order valence-corrected chi connectivity index (χ1v) is 6.13. The Hall–Kier alpha value is -2.28. The first-order valence-electron chi connectivity index (χ1n) is 6.13. The minimum absolute atomic E-state index is 0.156. The maximum Gasteiger partial charge on any atom is 0.328 e. The number of nitrogens with zero attached hydrogens (tertiary/aromatic N) is 1. The van der Waals surface area contributed by atoms with Crippen LogP contribution in [0.15, 0.2) is 24.3 Å². The Morgan fingerprint density at radius 3 is 2.63 bits per heavy atom. The maximum atomic E-state index is 12.3. The smallest absolute Gasteiger partial charge is 0.328 e. The average molecular weight is 257 g/mol. The van der Waals surface area contributed by atoms with Gasteiger partial charge in [-0.25, -0.2) is 4.79 Å². The van der Waals surface area contributed by atoms with Crippen LogP contribution in [0.3, 0.4) is 0 Å². The summed E-state index contributed by atoms with van der Waals surface area (Å²) in [5.74, 6) is 1.99. The largest absolute Gasteiger partial charge is 0.467 e. The van der Waals surface area contributed by atoms with E-state index in [1.165, 1.54) is 7.11 Å². The zero-order valence-electron chi connectivity index (χ0n) is 10.8. The summed E-state index contributed by atoms with van der Waals surface area (Å²) in [6.45, 7) is 0.579. The Labute approximate surface area is 112 Å². The quantitative estimate of drug-likeness (QED) is 0.595. The summed E-state index contributed by atoms with van der Waals surface area (Å²) in [6, 6.07) is 6.34. The lowest BCUT2D eigenvalue weighted by molar-refractivity contribution is -0.145. The minimum Gasteiger partial charge on any atom is -0.467 e. The monoisotopic (exact) mass is 257 g/mol. The summed E-state index contributed by atoms with van der Waals surface area (Å²) in [7, 11) is 1.34. The van der Waals surface area contributed by atoms with Crippen molar-refractivity contribution in [3.8, 4) is 12.3 Å². The van der Waals surface area contributed by atoms with Crippen molar-refractivity contribution in [2.45, 2.75) is 18.9 Å². The van der Waals surface area contributed by atoms with E-state index >= 15 is 0 Å². The lowest BCUT2D eigenvalue weighted by atomic mass is 10.1. The van der Waals surface area contributed by atoms with Crippen LogP contribution in [0.25, 0.3) is 0 Å². The molecule has 1 fully saturated rings. The number of likely N-dealkylation sites (tertiary alicyclic amines) is 1. The van der Waals surface area contributed by atoms with Crippen LogP contribution in [-0.2, 0) is 9.53 Å². The van der Waals surface area contributed by atoms with Crippen molar-refractivity contribution < 1.29 is 14.3 Å². The van der Waals surface area contributed by atoms with Gasteiger partial charge in [-0.3, -0.25) is 4.79 Å². The highest BCUT2D eigenvalue weighted by Gasteiger charge is 2.35. The number of hydrogen-bond donors (Lipinski definition) is 0. The Morgan fingerprint density at radius 1 is 1.37 bits per heavy atom. The van der Waals surface area contributed by atoms with Crippen molar-refractivity contribution in [3.63, 3.8) is 0 Å². The van der Waals surface area contributed by atoms with Crippen LogP contribution in [0.2, 0.25) is 0 Å². The zero-order chi connectivity index (χ0) is 13.8. The van der Waals surface area contributed by atoms with E-state index in [2.05, 4.69) is 5.92 Å². The number of benzene rings is 1. The molecule has 0 bridgehead atoms. The lowest BCUT2D eigenvalue weighted by Crippen LogP contribution is -2.41. The highest BCUT2D eigenvalue weighted by molar-refractivity contribution is 5.97. The van der Waals surface area contributed by atoms with Crippen LogP contribution in [-0.4, -0.2) is 36.5 Å². The summed E-state index contributed by atoms with van der Waals surface area (Å²) < 4.78 is 4.73. The lowest BCUT2D eigenvalue weighted by Gasteiger charge is -2.22. The Bertz CT molecular complexity index is 527. The average Bonchev–Trinajstić information content (AvgIpc) is 2.95. The van der Waals surface area contributed by atoms with E-state index in [9.17, 15) is 9.59 Å². The van der Waals surface area contributed by atoms with Gasteiger partial charge < -0.3 is 9.64 Å². The van der Waals surface area contributed by atoms with Crippen LogP contribution in [0, 0.1) is 12.3 Å². The number of rotatable bonds is 2. The first kappa shape index (κ1) is 13.2. The molecule has 4 heteroatoms. The van der Waals surface area contributed by atoms with Gasteiger partial charge in [-0.15, -0.1) is 6.42 Å². The van der Waals surface area contributed by atoms with Gasteiger partial charge in [0, 0.05) is 17.7 Å². The van der Waals surface area contributed by atoms with Gasteiger partial charge in [0.15, 0.2) is 0 Å². The highest BCUT2D eigenvalue weighted by Crippen LogP contribution is 2.21. The van der Waals surface area contributed by atoms with Gasteiger partial charge >= 0.3 is 5.97 Å². The molecule has 1 aliphatic rings. The SMILES string of the molecule is C#Cc1ccc(C(=O)N2CCC[C@H]2C(=O)OC)cc1. The van der Waals surface area contributed by atoms with Crippen LogP contribution >= 0.6 is 0 Å². The third-order valence-electron chi connectivity index (χ3n) is 3.29. The number of hydrogen-bond acceptors (Lipinski definition) is 3. The Kier molecular flexibility index (Phi) is 3.86. The second-order valence-corrected chi connectivity index (χ2v) is 4.40. The van der Waals surface area contributed by atoms with Crippen LogP contribution in [0.4, 0.5) is 0 Å². The molecule has 19 heavy (non-hydrogen) atoms. The number of terminal acetylenes is 1. The maximum absolute atomic E-state index is 12.3. The molecule has 1 heterocycles. The normalized spacial score (nSPS) is 17.9. The van der Waals surface area contributed by atoms with Gasteiger partial charge in [-0.1, -0.05) is 5.92 Å². The predicted molar refractivity (Wildman–Crippen MR) is 70.5 cm³/mol. The van der Waals surface area contributed by atoms with Gasteiger partial charge in [-0.2, -0.15) is 0 Å². The van der Waals surface area contributed by atoms with Crippen LogP contribution in [0.1, 0.15) is 28.8 Å². The van der Waals surface area contributed by atoms with E-state index in [4.69, 9.17) is 11.2 Å². The van der Waals surface area contributed by atoms with Gasteiger partial charge in [-0.05, 0) is 37.1 Å². The molecule has 1 aromatic carbocycles. The Morgan fingerprint density at radius 2 is 2.05 bits per heavy atom. The Balaban J connectivity index is 2.18. The van der Waals surface area contributed by atoms with Gasteiger partial charge in [0.25, 0.3) is 5.91 Å². The van der Waals surface area contributed by atoms with Gasteiger partial charge in [0.05, 0.1) is 7.11 Å². The van der Waals surface area contributed by atoms with E-state index < -0.39 is 6.04 Å². The number of esters is 1. The molecule has 1 aliphatic heterocycles. The van der Waals surface area contributed by atoms with E-state index in [0.717, 1.165) is 12.0 Å². The molecule has 0 unspecified atom stereocenters. The zero-order valence-corrected chi connectivity index (χ0v) is 10.8. The standard InChI is InChI=1S/C15H15NO3/c1-3-11-6-8-12(9-7-11)14(17)16-10-4-5-13(16)15(18)19-2/h1,6-9,13H,4-5,10H2,2H3/t13-/m0/s1. The molecule has 1 atom stereocenters. The first-order chi connectivity index (χ1) is 9.17. The minimum atomic E-state index is -0.468. The molecule has 1 aromatic rings. The van der Waals surface area contributed by atoms with E-state index in [1.54, 1.807) is 29.2 Å². The van der Waals surface area contributed by atoms with Crippen molar-refractivity contribution in [1.29, 1.82) is 0 Å². The molecule has 0 radical (unpaired) electrons. The fourth-order valence-electron chi connectivity index (χ4n) is 2.27. The second kappa shape index (κ2) is 5.57. The molecule has 0 aromatic heterocycles. The number of carbonyl (C=O) groups is 2. The number of amides is 1. The molecule has 0 N–H and O–H groups in total. The van der Waals surface area contributed by atoms with Gasteiger partial charge in [0.2, 0.25) is 0 Å². The molecule has 1 saturated heterocycles. The molecule has 0 aliphatic carbocycles. The van der Waals surface area contributed by atoms with E-state index in [1.807, 2.05) is 0 Å². The predicted octanol–water partition coefficient (Wildman–Crippen LogP) is 1.45. The molecule has 0 spiro atoms. The number of carbonyl (C=O) groups excluding carboxylic acids is 2. The van der Waals surface area contributed by atoms with E-state index in [-0.39, 0.29) is 11.9 Å². The second-order valence-electron chi connectivity index (χ2n) is 4.40. The summed E-state index contributed by atoms with van der Waals surface area (Å²) >= 11 is 0. The van der Waals surface area contributed by atoms with Crippen molar-refractivity contribution >= 4 is 11.9 Å². The summed E-state index contributed by atoms with van der Waals surface area (Å²) in [5.41, 5.74) is 1.26. The number of ether oxygens (including phenoxy) is 1. The summed E-state index contributed by atoms with van der Waals surface area (Å²) in [4.78, 5) is 25.5. The van der Waals surface area contributed by atoms with Crippen molar-refractivity contribution in [1.82, 2.24) is 4.90 Å². The topological polar surface area (TPSA) is 46.6 Å². The molecule has 1 amide bonds. The fourth-order valence-corrected chi connectivity index (χ4v) is 2.27.